The molecule has 0 fully saturated rings. The van der Waals surface area contributed by atoms with Crippen molar-refractivity contribution < 1.29 is 14.4 Å². The molecule has 0 aromatic heterocycles. The maximum absolute atomic E-state index is 11.8. The number of rotatable bonds is 7. The molecular formula is C13H15N5O3. The Morgan fingerprint density at radius 2 is 1.57 bits per heavy atom. The van der Waals surface area contributed by atoms with Crippen molar-refractivity contribution in [1.29, 1.82) is 5.26 Å². The molecule has 0 unspecified atom stereocenters. The lowest BCUT2D eigenvalue weighted by Crippen LogP contribution is -2.43. The van der Waals surface area contributed by atoms with Gasteiger partial charge in [-0.25, -0.2) is 0 Å². The number of nitrogens with zero attached hydrogens (tertiary/aromatic N) is 2. The van der Waals surface area contributed by atoms with Crippen LogP contribution < -0.4 is 16.8 Å². The summed E-state index contributed by atoms with van der Waals surface area (Å²) < 4.78 is 0. The van der Waals surface area contributed by atoms with Gasteiger partial charge in [-0.15, -0.1) is 0 Å². The largest absolute Gasteiger partial charge is 0.369 e. The number of nitrogens with one attached hydrogen (secondary N) is 1. The molecule has 1 aromatic carbocycles. The highest BCUT2D eigenvalue weighted by atomic mass is 16.2. The molecule has 0 aliphatic rings. The van der Waals surface area contributed by atoms with E-state index >= 15 is 0 Å². The maximum atomic E-state index is 11.8. The van der Waals surface area contributed by atoms with Gasteiger partial charge in [0.2, 0.25) is 17.7 Å². The fourth-order valence-corrected chi connectivity index (χ4v) is 1.64. The summed E-state index contributed by atoms with van der Waals surface area (Å²) in [6, 6.07) is 8.22. The zero-order valence-electron chi connectivity index (χ0n) is 11.2. The average molecular weight is 289 g/mol. The number of benzene rings is 1. The van der Waals surface area contributed by atoms with Gasteiger partial charge in [0.25, 0.3) is 0 Å². The highest BCUT2D eigenvalue weighted by Gasteiger charge is 2.15. The topological polar surface area (TPSA) is 142 Å². The third-order valence-electron chi connectivity index (χ3n) is 2.42. The summed E-state index contributed by atoms with van der Waals surface area (Å²) >= 11 is 0. The van der Waals surface area contributed by atoms with E-state index in [2.05, 4.69) is 5.32 Å². The summed E-state index contributed by atoms with van der Waals surface area (Å²) in [5.41, 5.74) is 11.0. The van der Waals surface area contributed by atoms with Crippen LogP contribution in [0.1, 0.15) is 5.56 Å². The Morgan fingerprint density at radius 1 is 1.05 bits per heavy atom. The van der Waals surface area contributed by atoms with Gasteiger partial charge in [0.05, 0.1) is 31.3 Å². The number of nitrogens with two attached hydrogens (primary N) is 2. The first-order valence-corrected chi connectivity index (χ1v) is 5.99. The molecule has 0 bridgehead atoms. The second-order valence-electron chi connectivity index (χ2n) is 4.32. The van der Waals surface area contributed by atoms with Gasteiger partial charge < -0.3 is 16.8 Å². The number of nitriles is 1. The van der Waals surface area contributed by atoms with Gasteiger partial charge >= 0.3 is 0 Å². The minimum atomic E-state index is -0.664. The molecule has 110 valence electrons. The number of hydrogen-bond acceptors (Lipinski definition) is 5. The number of primary amides is 2. The Kier molecular flexibility index (Phi) is 5.85. The van der Waals surface area contributed by atoms with Crippen LogP contribution >= 0.6 is 0 Å². The van der Waals surface area contributed by atoms with Crippen LogP contribution in [0.5, 0.6) is 0 Å². The predicted octanol–water partition coefficient (Wildman–Crippen LogP) is -1.23. The van der Waals surface area contributed by atoms with E-state index in [4.69, 9.17) is 16.7 Å². The third kappa shape index (κ3) is 6.17. The van der Waals surface area contributed by atoms with Crippen molar-refractivity contribution in [3.8, 4) is 6.07 Å². The van der Waals surface area contributed by atoms with E-state index in [0.717, 1.165) is 0 Å². The summed E-state index contributed by atoms with van der Waals surface area (Å²) in [6.07, 6.45) is 0. The molecular weight excluding hydrogens is 274 g/mol. The van der Waals surface area contributed by atoms with Crippen molar-refractivity contribution in [2.75, 3.05) is 25.0 Å². The van der Waals surface area contributed by atoms with Crippen molar-refractivity contribution in [3.63, 3.8) is 0 Å². The molecule has 0 saturated heterocycles. The van der Waals surface area contributed by atoms with Gasteiger partial charge in [-0.2, -0.15) is 5.26 Å². The first kappa shape index (κ1) is 16.1. The number of amides is 3. The third-order valence-corrected chi connectivity index (χ3v) is 2.42. The average Bonchev–Trinajstić information content (AvgIpc) is 2.37. The van der Waals surface area contributed by atoms with Crippen LogP contribution in [0.25, 0.3) is 0 Å². The molecule has 8 heteroatoms. The molecule has 0 aliphatic carbocycles. The van der Waals surface area contributed by atoms with Crippen LogP contribution in [-0.4, -0.2) is 42.3 Å². The van der Waals surface area contributed by atoms with Crippen molar-refractivity contribution in [3.05, 3.63) is 29.8 Å². The number of carbonyl (C=O) groups excluding carboxylic acids is 3. The van der Waals surface area contributed by atoms with Crippen molar-refractivity contribution in [2.24, 2.45) is 11.5 Å². The lowest BCUT2D eigenvalue weighted by molar-refractivity contribution is -0.123. The Morgan fingerprint density at radius 3 is 2.00 bits per heavy atom. The lowest BCUT2D eigenvalue weighted by Gasteiger charge is -2.18. The molecule has 21 heavy (non-hydrogen) atoms. The molecule has 0 aliphatic heterocycles. The first-order valence-electron chi connectivity index (χ1n) is 5.99. The summed E-state index contributed by atoms with van der Waals surface area (Å²) in [4.78, 5) is 34.8. The van der Waals surface area contributed by atoms with Gasteiger partial charge in [0.15, 0.2) is 0 Å². The second-order valence-corrected chi connectivity index (χ2v) is 4.32. The molecule has 0 heterocycles. The fraction of sp³-hybridized carbons (Fsp3) is 0.231. The Bertz CT molecular complexity index is 560. The zero-order chi connectivity index (χ0) is 15.8. The second kappa shape index (κ2) is 7.62. The molecule has 0 spiro atoms. The van der Waals surface area contributed by atoms with E-state index in [9.17, 15) is 14.4 Å². The van der Waals surface area contributed by atoms with Gasteiger partial charge in [0, 0.05) is 5.69 Å². The predicted molar refractivity (Wildman–Crippen MR) is 74.6 cm³/mol. The molecule has 0 atom stereocenters. The van der Waals surface area contributed by atoms with Crippen LogP contribution in [0.3, 0.4) is 0 Å². The van der Waals surface area contributed by atoms with Gasteiger partial charge in [-0.3, -0.25) is 19.3 Å². The summed E-state index contributed by atoms with van der Waals surface area (Å²) in [7, 11) is 0. The summed E-state index contributed by atoms with van der Waals surface area (Å²) in [5.74, 6) is -1.76. The SMILES string of the molecule is N#Cc1ccc(NC(=O)CN(CC(N)=O)CC(N)=O)cc1. The highest BCUT2D eigenvalue weighted by Crippen LogP contribution is 2.08. The zero-order valence-corrected chi connectivity index (χ0v) is 11.2. The van der Waals surface area contributed by atoms with Crippen molar-refractivity contribution >= 4 is 23.4 Å². The maximum Gasteiger partial charge on any atom is 0.238 e. The minimum Gasteiger partial charge on any atom is -0.369 e. The van der Waals surface area contributed by atoms with Crippen molar-refractivity contribution in [1.82, 2.24) is 4.90 Å². The fourth-order valence-electron chi connectivity index (χ4n) is 1.64. The molecule has 1 aromatic rings. The molecule has 8 nitrogen and oxygen atoms in total. The van der Waals surface area contributed by atoms with Crippen LogP contribution in [0.4, 0.5) is 5.69 Å². The van der Waals surface area contributed by atoms with E-state index in [1.54, 1.807) is 24.3 Å². The van der Waals surface area contributed by atoms with Gasteiger partial charge in [0.1, 0.15) is 0 Å². The quantitative estimate of drug-likeness (QED) is 0.576. The van der Waals surface area contributed by atoms with Crippen LogP contribution in [-0.2, 0) is 14.4 Å². The Labute approximate surface area is 121 Å². The molecule has 0 saturated carbocycles. The molecule has 1 rings (SSSR count). The summed E-state index contributed by atoms with van der Waals surface area (Å²) in [5, 5.41) is 11.2. The monoisotopic (exact) mass is 289 g/mol. The summed E-state index contributed by atoms with van der Waals surface area (Å²) in [6.45, 7) is -0.695. The standard InChI is InChI=1S/C13H15N5O3/c14-5-9-1-3-10(4-2-9)17-13(21)8-18(6-11(15)19)7-12(16)20/h1-4H,6-8H2,(H2,15,19)(H2,16,20)(H,17,21). The highest BCUT2D eigenvalue weighted by molar-refractivity contribution is 5.93. The van der Waals surface area contributed by atoms with Gasteiger partial charge in [-0.1, -0.05) is 0 Å². The molecule has 0 radical (unpaired) electrons. The van der Waals surface area contributed by atoms with E-state index in [1.165, 1.54) is 4.90 Å². The minimum absolute atomic E-state index is 0.202. The van der Waals surface area contributed by atoms with E-state index in [-0.39, 0.29) is 19.6 Å². The van der Waals surface area contributed by atoms with Crippen LogP contribution in [0.15, 0.2) is 24.3 Å². The smallest absolute Gasteiger partial charge is 0.238 e. The van der Waals surface area contributed by atoms with E-state index < -0.39 is 17.7 Å². The molecule has 3 amide bonds. The Balaban J connectivity index is 2.61. The van der Waals surface area contributed by atoms with Crippen LogP contribution in [0, 0.1) is 11.3 Å². The van der Waals surface area contributed by atoms with Gasteiger partial charge in [-0.05, 0) is 24.3 Å². The number of anilines is 1. The Hall–Kier alpha value is -2.92. The number of carbonyl (C=O) groups is 3. The van der Waals surface area contributed by atoms with Crippen LogP contribution in [0.2, 0.25) is 0 Å². The lowest BCUT2D eigenvalue weighted by atomic mass is 10.2. The molecule has 5 N–H and O–H groups in total. The first-order chi connectivity index (χ1) is 9.90. The van der Waals surface area contributed by atoms with E-state index in [0.29, 0.717) is 11.3 Å². The number of hydrogen-bond donors (Lipinski definition) is 3. The normalized spacial score (nSPS) is 9.90. The van der Waals surface area contributed by atoms with E-state index in [1.807, 2.05) is 6.07 Å². The van der Waals surface area contributed by atoms with Crippen molar-refractivity contribution in [2.45, 2.75) is 0 Å².